The Hall–Kier alpha value is -1.36. The van der Waals surface area contributed by atoms with E-state index in [0.717, 1.165) is 32.0 Å². The maximum atomic E-state index is 14.0. The fraction of sp³-hybridized carbons (Fsp3) is 0.571. The molecule has 2 aliphatic heterocycles. The van der Waals surface area contributed by atoms with Crippen LogP contribution in [0.25, 0.3) is 0 Å². The van der Waals surface area contributed by atoms with E-state index < -0.39 is 11.6 Å². The Kier molecular flexibility index (Phi) is 3.55. The van der Waals surface area contributed by atoms with Gasteiger partial charge in [0.15, 0.2) is 23.1 Å². The van der Waals surface area contributed by atoms with E-state index in [1.54, 1.807) is 0 Å². The Labute approximate surface area is 110 Å². The molecule has 0 aliphatic carbocycles. The van der Waals surface area contributed by atoms with E-state index in [-0.39, 0.29) is 0 Å². The van der Waals surface area contributed by atoms with E-state index in [2.05, 4.69) is 5.32 Å². The summed E-state index contributed by atoms with van der Waals surface area (Å²) in [6, 6.07) is 1.08. The molecule has 2 heterocycles. The van der Waals surface area contributed by atoms with Crippen LogP contribution >= 0.6 is 0 Å². The molecule has 0 bridgehead atoms. The number of rotatable bonds is 2. The highest BCUT2D eigenvalue weighted by atomic mass is 19.2. The van der Waals surface area contributed by atoms with Crippen molar-refractivity contribution < 1.29 is 18.3 Å². The molecule has 0 aromatic heterocycles. The molecule has 1 N–H and O–H groups in total. The van der Waals surface area contributed by atoms with Crippen molar-refractivity contribution >= 4 is 0 Å². The van der Waals surface area contributed by atoms with Crippen molar-refractivity contribution in [1.82, 2.24) is 5.32 Å². The molecule has 1 aromatic carbocycles. The second-order valence-corrected chi connectivity index (χ2v) is 5.07. The first-order valence-corrected chi connectivity index (χ1v) is 6.73. The molecular formula is C14H17F2NO2. The zero-order valence-corrected chi connectivity index (χ0v) is 10.7. The van der Waals surface area contributed by atoms with Crippen molar-refractivity contribution in [1.29, 1.82) is 0 Å². The molecule has 0 saturated carbocycles. The van der Waals surface area contributed by atoms with Gasteiger partial charge in [0.1, 0.15) is 13.2 Å². The van der Waals surface area contributed by atoms with Crippen LogP contribution in [0.3, 0.4) is 0 Å². The Bertz CT molecular complexity index is 473. The van der Waals surface area contributed by atoms with Gasteiger partial charge >= 0.3 is 0 Å². The first kappa shape index (κ1) is 12.7. The fourth-order valence-corrected chi connectivity index (χ4v) is 2.75. The van der Waals surface area contributed by atoms with Crippen LogP contribution in [0.5, 0.6) is 11.5 Å². The second-order valence-electron chi connectivity index (χ2n) is 5.07. The number of halogens is 2. The van der Waals surface area contributed by atoms with Crippen molar-refractivity contribution in [3.05, 3.63) is 23.3 Å². The van der Waals surface area contributed by atoms with Gasteiger partial charge in [-0.05, 0) is 38.3 Å². The molecule has 104 valence electrons. The Morgan fingerprint density at radius 1 is 1.16 bits per heavy atom. The zero-order chi connectivity index (χ0) is 13.2. The van der Waals surface area contributed by atoms with Gasteiger partial charge < -0.3 is 14.8 Å². The SMILES string of the molecule is Fc1cc2c(c(CC3CCNCC3)c1F)OCCO2. The van der Waals surface area contributed by atoms with Crippen molar-refractivity contribution in [2.24, 2.45) is 5.92 Å². The van der Waals surface area contributed by atoms with E-state index in [4.69, 9.17) is 9.47 Å². The lowest BCUT2D eigenvalue weighted by atomic mass is 9.90. The fourth-order valence-electron chi connectivity index (χ4n) is 2.75. The summed E-state index contributed by atoms with van der Waals surface area (Å²) in [5.41, 5.74) is 0.335. The van der Waals surface area contributed by atoms with Crippen LogP contribution in [-0.4, -0.2) is 26.3 Å². The number of hydrogen-bond donors (Lipinski definition) is 1. The third kappa shape index (κ3) is 2.52. The first-order valence-electron chi connectivity index (χ1n) is 6.73. The summed E-state index contributed by atoms with van der Waals surface area (Å²) in [5.74, 6) is -0.555. The van der Waals surface area contributed by atoms with Crippen LogP contribution in [0.4, 0.5) is 8.78 Å². The first-order chi connectivity index (χ1) is 9.25. The topological polar surface area (TPSA) is 30.5 Å². The van der Waals surface area contributed by atoms with Crippen LogP contribution in [-0.2, 0) is 6.42 Å². The Morgan fingerprint density at radius 3 is 2.68 bits per heavy atom. The highest BCUT2D eigenvalue weighted by molar-refractivity contribution is 5.49. The summed E-state index contributed by atoms with van der Waals surface area (Å²) in [5, 5.41) is 3.27. The van der Waals surface area contributed by atoms with Crippen LogP contribution in [0.2, 0.25) is 0 Å². The summed E-state index contributed by atoms with van der Waals surface area (Å²) in [4.78, 5) is 0. The van der Waals surface area contributed by atoms with Crippen LogP contribution in [0, 0.1) is 17.6 Å². The molecule has 0 amide bonds. The Morgan fingerprint density at radius 2 is 1.89 bits per heavy atom. The van der Waals surface area contributed by atoms with E-state index in [9.17, 15) is 8.78 Å². The normalized spacial score (nSPS) is 19.5. The van der Waals surface area contributed by atoms with Crippen molar-refractivity contribution in [3.8, 4) is 11.5 Å². The van der Waals surface area contributed by atoms with Gasteiger partial charge in [0, 0.05) is 11.6 Å². The van der Waals surface area contributed by atoms with E-state index in [1.165, 1.54) is 0 Å². The van der Waals surface area contributed by atoms with Crippen LogP contribution < -0.4 is 14.8 Å². The summed E-state index contributed by atoms with van der Waals surface area (Å²) in [7, 11) is 0. The monoisotopic (exact) mass is 269 g/mol. The van der Waals surface area contributed by atoms with Gasteiger partial charge in [0.2, 0.25) is 0 Å². The minimum absolute atomic E-state index is 0.328. The number of nitrogens with one attached hydrogen (secondary N) is 1. The molecule has 1 aromatic rings. The summed E-state index contributed by atoms with van der Waals surface area (Å²) >= 11 is 0. The van der Waals surface area contributed by atoms with Crippen molar-refractivity contribution in [2.45, 2.75) is 19.3 Å². The van der Waals surface area contributed by atoms with E-state index in [0.29, 0.717) is 42.6 Å². The lowest BCUT2D eigenvalue weighted by Gasteiger charge is -2.26. The van der Waals surface area contributed by atoms with E-state index in [1.807, 2.05) is 0 Å². The predicted molar refractivity (Wildman–Crippen MR) is 66.6 cm³/mol. The average Bonchev–Trinajstić information content (AvgIpc) is 2.45. The molecule has 3 rings (SSSR count). The highest BCUT2D eigenvalue weighted by Gasteiger charge is 2.26. The van der Waals surface area contributed by atoms with E-state index >= 15 is 0 Å². The standard InChI is InChI=1S/C14H17F2NO2/c15-11-8-12-14(19-6-5-18-12)10(13(11)16)7-9-1-3-17-4-2-9/h8-9,17H,1-7H2. The molecule has 0 radical (unpaired) electrons. The third-order valence-electron chi connectivity index (χ3n) is 3.77. The molecule has 1 saturated heterocycles. The predicted octanol–water partition coefficient (Wildman–Crippen LogP) is 2.28. The van der Waals surface area contributed by atoms with Crippen LogP contribution in [0.1, 0.15) is 18.4 Å². The molecule has 0 spiro atoms. The highest BCUT2D eigenvalue weighted by Crippen LogP contribution is 2.38. The second kappa shape index (κ2) is 5.33. The van der Waals surface area contributed by atoms with Gasteiger partial charge in [-0.3, -0.25) is 0 Å². The molecule has 0 unspecified atom stereocenters. The minimum atomic E-state index is -0.854. The number of hydrogen-bond acceptors (Lipinski definition) is 3. The number of ether oxygens (including phenoxy) is 2. The van der Waals surface area contributed by atoms with Gasteiger partial charge in [-0.15, -0.1) is 0 Å². The zero-order valence-electron chi connectivity index (χ0n) is 10.7. The van der Waals surface area contributed by atoms with Gasteiger partial charge in [0.05, 0.1) is 0 Å². The number of piperidine rings is 1. The van der Waals surface area contributed by atoms with Gasteiger partial charge in [0.25, 0.3) is 0 Å². The molecule has 5 heteroatoms. The van der Waals surface area contributed by atoms with Crippen LogP contribution in [0.15, 0.2) is 6.07 Å². The maximum absolute atomic E-state index is 14.0. The van der Waals surface area contributed by atoms with Gasteiger partial charge in [-0.1, -0.05) is 0 Å². The number of benzene rings is 1. The third-order valence-corrected chi connectivity index (χ3v) is 3.77. The van der Waals surface area contributed by atoms with Crippen molar-refractivity contribution in [2.75, 3.05) is 26.3 Å². The average molecular weight is 269 g/mol. The Balaban J connectivity index is 1.91. The summed E-state index contributed by atoms with van der Waals surface area (Å²) < 4.78 is 38.4. The smallest absolute Gasteiger partial charge is 0.167 e. The molecular weight excluding hydrogens is 252 g/mol. The molecule has 19 heavy (non-hydrogen) atoms. The summed E-state index contributed by atoms with van der Waals surface area (Å²) in [6.45, 7) is 2.63. The molecule has 3 nitrogen and oxygen atoms in total. The summed E-state index contributed by atoms with van der Waals surface area (Å²) in [6.07, 6.45) is 2.47. The lowest BCUT2D eigenvalue weighted by molar-refractivity contribution is 0.166. The molecule has 1 fully saturated rings. The minimum Gasteiger partial charge on any atom is -0.486 e. The largest absolute Gasteiger partial charge is 0.486 e. The lowest BCUT2D eigenvalue weighted by Crippen LogP contribution is -2.29. The van der Waals surface area contributed by atoms with Gasteiger partial charge in [-0.2, -0.15) is 0 Å². The molecule has 2 aliphatic rings. The maximum Gasteiger partial charge on any atom is 0.167 e. The quantitative estimate of drug-likeness (QED) is 0.893. The van der Waals surface area contributed by atoms with Gasteiger partial charge in [-0.25, -0.2) is 8.78 Å². The van der Waals surface area contributed by atoms with Crippen molar-refractivity contribution in [3.63, 3.8) is 0 Å². The number of fused-ring (bicyclic) bond motifs is 1. The molecule has 0 atom stereocenters.